The van der Waals surface area contributed by atoms with Gasteiger partial charge in [0.25, 0.3) is 5.91 Å². The minimum atomic E-state index is -0.277. The number of nitrogens with one attached hydrogen (secondary N) is 2. The van der Waals surface area contributed by atoms with Gasteiger partial charge in [-0.1, -0.05) is 30.3 Å². The number of anilines is 2. The molecule has 1 heterocycles. The number of benzene rings is 2. The Balaban J connectivity index is 1.56. The van der Waals surface area contributed by atoms with Gasteiger partial charge in [0.2, 0.25) is 0 Å². The molecule has 0 saturated carbocycles. The molecule has 0 spiro atoms. The fourth-order valence-electron chi connectivity index (χ4n) is 2.28. The number of aromatic nitrogens is 2. The van der Waals surface area contributed by atoms with Crippen LogP contribution in [0.5, 0.6) is 0 Å². The Bertz CT molecular complexity index is 838. The van der Waals surface area contributed by atoms with Gasteiger partial charge in [0.1, 0.15) is 23.7 Å². The number of amides is 1. The molecule has 0 saturated heterocycles. The van der Waals surface area contributed by atoms with Crippen molar-refractivity contribution < 1.29 is 9.18 Å². The molecular weight excluding hydrogens is 319 g/mol. The van der Waals surface area contributed by atoms with Gasteiger partial charge >= 0.3 is 0 Å². The predicted molar refractivity (Wildman–Crippen MR) is 94.2 cm³/mol. The Kier molecular flexibility index (Phi) is 5.31. The van der Waals surface area contributed by atoms with E-state index in [1.165, 1.54) is 18.5 Å². The molecule has 0 bridgehead atoms. The summed E-state index contributed by atoms with van der Waals surface area (Å²) >= 11 is 0. The lowest BCUT2D eigenvalue weighted by atomic mass is 10.1. The number of carbonyl (C=O) groups is 1. The first-order chi connectivity index (χ1) is 12.2. The first-order valence-electron chi connectivity index (χ1n) is 7.87. The summed E-state index contributed by atoms with van der Waals surface area (Å²) in [5.41, 5.74) is 2.12. The lowest BCUT2D eigenvalue weighted by Crippen LogP contribution is -2.26. The van der Waals surface area contributed by atoms with Crippen LogP contribution < -0.4 is 10.6 Å². The maximum atomic E-state index is 12.9. The molecule has 5 nitrogen and oxygen atoms in total. The Morgan fingerprint density at radius 3 is 2.52 bits per heavy atom. The molecule has 2 N–H and O–H groups in total. The van der Waals surface area contributed by atoms with Crippen LogP contribution in [-0.2, 0) is 6.42 Å². The maximum absolute atomic E-state index is 12.9. The number of hydrogen-bond acceptors (Lipinski definition) is 4. The summed E-state index contributed by atoms with van der Waals surface area (Å²) in [6, 6.07) is 17.4. The summed E-state index contributed by atoms with van der Waals surface area (Å²) in [5.74, 6) is -0.00211. The highest BCUT2D eigenvalue weighted by Crippen LogP contribution is 2.13. The van der Waals surface area contributed by atoms with Crippen LogP contribution in [0.1, 0.15) is 16.1 Å². The normalized spacial score (nSPS) is 10.3. The minimum absolute atomic E-state index is 0.271. The van der Waals surface area contributed by atoms with Crippen molar-refractivity contribution in [3.63, 3.8) is 0 Å². The van der Waals surface area contributed by atoms with E-state index in [1.807, 2.05) is 30.3 Å². The van der Waals surface area contributed by atoms with Crippen molar-refractivity contribution in [2.75, 3.05) is 11.9 Å². The Morgan fingerprint density at radius 1 is 1.00 bits per heavy atom. The van der Waals surface area contributed by atoms with Gasteiger partial charge in [0.05, 0.1) is 0 Å². The van der Waals surface area contributed by atoms with Crippen LogP contribution in [-0.4, -0.2) is 22.4 Å². The summed E-state index contributed by atoms with van der Waals surface area (Å²) in [7, 11) is 0. The molecule has 0 atom stereocenters. The van der Waals surface area contributed by atoms with E-state index in [-0.39, 0.29) is 17.4 Å². The Labute approximate surface area is 145 Å². The minimum Gasteiger partial charge on any atom is -0.350 e. The van der Waals surface area contributed by atoms with Crippen molar-refractivity contribution in [3.8, 4) is 0 Å². The Hall–Kier alpha value is -3.28. The molecule has 1 aromatic heterocycles. The highest BCUT2D eigenvalue weighted by atomic mass is 19.1. The quantitative estimate of drug-likeness (QED) is 0.724. The van der Waals surface area contributed by atoms with E-state index in [2.05, 4.69) is 20.6 Å². The molecule has 3 aromatic rings. The zero-order valence-electron chi connectivity index (χ0n) is 13.4. The third-order valence-electron chi connectivity index (χ3n) is 3.56. The van der Waals surface area contributed by atoms with Crippen molar-refractivity contribution >= 4 is 17.4 Å². The van der Waals surface area contributed by atoms with Crippen molar-refractivity contribution in [2.24, 2.45) is 0 Å². The standard InChI is InChI=1S/C19H17FN4O/c20-15-8-6-14(7-9-15)10-11-21-19(25)17-12-18(23-13-22-17)24-16-4-2-1-3-5-16/h1-9,12-13H,10-11H2,(H,21,25)(H,22,23,24). The first-order valence-corrected chi connectivity index (χ1v) is 7.87. The van der Waals surface area contributed by atoms with Gasteiger partial charge in [-0.3, -0.25) is 4.79 Å². The van der Waals surface area contributed by atoms with Crippen LogP contribution in [0.25, 0.3) is 0 Å². The smallest absolute Gasteiger partial charge is 0.270 e. The van der Waals surface area contributed by atoms with Gasteiger partial charge in [-0.25, -0.2) is 14.4 Å². The Morgan fingerprint density at radius 2 is 1.76 bits per heavy atom. The van der Waals surface area contributed by atoms with Crippen LogP contribution in [0.3, 0.4) is 0 Å². The van der Waals surface area contributed by atoms with Crippen LogP contribution in [0, 0.1) is 5.82 Å². The van der Waals surface area contributed by atoms with Gasteiger partial charge in [0, 0.05) is 18.3 Å². The van der Waals surface area contributed by atoms with Crippen LogP contribution in [0.2, 0.25) is 0 Å². The second-order valence-corrected chi connectivity index (χ2v) is 5.41. The van der Waals surface area contributed by atoms with Crippen molar-refractivity contribution in [1.29, 1.82) is 0 Å². The van der Waals surface area contributed by atoms with Gasteiger partial charge in [-0.05, 0) is 36.2 Å². The van der Waals surface area contributed by atoms with Gasteiger partial charge in [-0.15, -0.1) is 0 Å². The molecule has 0 aliphatic rings. The summed E-state index contributed by atoms with van der Waals surface area (Å²) < 4.78 is 12.9. The lowest BCUT2D eigenvalue weighted by Gasteiger charge is -2.08. The predicted octanol–water partition coefficient (Wildman–Crippen LogP) is 3.33. The van der Waals surface area contributed by atoms with E-state index >= 15 is 0 Å². The molecule has 25 heavy (non-hydrogen) atoms. The number of halogens is 1. The number of hydrogen-bond donors (Lipinski definition) is 2. The summed E-state index contributed by atoms with van der Waals surface area (Å²) in [4.78, 5) is 20.3. The van der Waals surface area contributed by atoms with Gasteiger partial charge in [-0.2, -0.15) is 0 Å². The SMILES string of the molecule is O=C(NCCc1ccc(F)cc1)c1cc(Nc2ccccc2)ncn1. The molecular formula is C19H17FN4O. The molecule has 0 aliphatic carbocycles. The van der Waals surface area contributed by atoms with E-state index in [4.69, 9.17) is 0 Å². The second-order valence-electron chi connectivity index (χ2n) is 5.41. The fraction of sp³-hybridized carbons (Fsp3) is 0.105. The molecule has 0 radical (unpaired) electrons. The van der Waals surface area contributed by atoms with Crippen LogP contribution in [0.15, 0.2) is 67.0 Å². The van der Waals surface area contributed by atoms with E-state index in [1.54, 1.807) is 18.2 Å². The summed E-state index contributed by atoms with van der Waals surface area (Å²) in [6.07, 6.45) is 1.96. The number of rotatable bonds is 6. The zero-order valence-corrected chi connectivity index (χ0v) is 13.4. The van der Waals surface area contributed by atoms with Crippen LogP contribution >= 0.6 is 0 Å². The third-order valence-corrected chi connectivity index (χ3v) is 3.56. The third kappa shape index (κ3) is 4.84. The molecule has 3 rings (SSSR count). The number of para-hydroxylation sites is 1. The van der Waals surface area contributed by atoms with E-state index in [0.717, 1.165) is 11.3 Å². The van der Waals surface area contributed by atoms with Crippen LogP contribution in [0.4, 0.5) is 15.9 Å². The summed E-state index contributed by atoms with van der Waals surface area (Å²) in [5, 5.41) is 5.92. The van der Waals surface area contributed by atoms with Crippen molar-refractivity contribution in [2.45, 2.75) is 6.42 Å². The van der Waals surface area contributed by atoms with Gasteiger partial charge in [0.15, 0.2) is 0 Å². The first kappa shape index (κ1) is 16.6. The molecule has 0 aliphatic heterocycles. The number of nitrogens with zero attached hydrogens (tertiary/aromatic N) is 2. The second kappa shape index (κ2) is 8.01. The molecule has 1 amide bonds. The topological polar surface area (TPSA) is 66.9 Å². The van der Waals surface area contributed by atoms with E-state index in [9.17, 15) is 9.18 Å². The monoisotopic (exact) mass is 336 g/mol. The highest BCUT2D eigenvalue weighted by molar-refractivity contribution is 5.92. The average Bonchev–Trinajstić information content (AvgIpc) is 2.64. The summed E-state index contributed by atoms with van der Waals surface area (Å²) in [6.45, 7) is 0.440. The van der Waals surface area contributed by atoms with Crippen molar-refractivity contribution in [3.05, 3.63) is 84.1 Å². The fourth-order valence-corrected chi connectivity index (χ4v) is 2.28. The largest absolute Gasteiger partial charge is 0.350 e. The van der Waals surface area contributed by atoms with Gasteiger partial charge < -0.3 is 10.6 Å². The molecule has 126 valence electrons. The molecule has 2 aromatic carbocycles. The highest BCUT2D eigenvalue weighted by Gasteiger charge is 2.08. The lowest BCUT2D eigenvalue weighted by molar-refractivity contribution is 0.0949. The number of carbonyl (C=O) groups excluding carboxylic acids is 1. The molecule has 0 unspecified atom stereocenters. The molecule has 0 fully saturated rings. The molecule has 6 heteroatoms. The van der Waals surface area contributed by atoms with E-state index in [0.29, 0.717) is 18.8 Å². The van der Waals surface area contributed by atoms with Crippen molar-refractivity contribution in [1.82, 2.24) is 15.3 Å². The maximum Gasteiger partial charge on any atom is 0.270 e. The zero-order chi connectivity index (χ0) is 17.5. The average molecular weight is 336 g/mol. The van der Waals surface area contributed by atoms with E-state index < -0.39 is 0 Å².